The van der Waals surface area contributed by atoms with Crippen LogP contribution in [-0.2, 0) is 0 Å². The SMILES string of the molecule is Nc1ccnc2snnc12. The van der Waals surface area contributed by atoms with E-state index in [-0.39, 0.29) is 0 Å². The minimum Gasteiger partial charge on any atom is -0.397 e. The first-order chi connectivity index (χ1) is 4.88. The second-order valence-electron chi connectivity index (χ2n) is 1.83. The second kappa shape index (κ2) is 1.88. The number of nitrogen functional groups attached to an aromatic ring is 1. The van der Waals surface area contributed by atoms with E-state index < -0.39 is 0 Å². The molecular weight excluding hydrogens is 148 g/mol. The fourth-order valence-corrected chi connectivity index (χ4v) is 1.27. The number of nitrogens with two attached hydrogens (primary N) is 1. The van der Waals surface area contributed by atoms with Crippen molar-refractivity contribution in [3.8, 4) is 0 Å². The third-order valence-electron chi connectivity index (χ3n) is 1.19. The van der Waals surface area contributed by atoms with Gasteiger partial charge in [0.2, 0.25) is 0 Å². The van der Waals surface area contributed by atoms with Crippen LogP contribution in [0.5, 0.6) is 0 Å². The van der Waals surface area contributed by atoms with Crippen LogP contribution >= 0.6 is 11.5 Å². The van der Waals surface area contributed by atoms with Crippen LogP contribution in [0.3, 0.4) is 0 Å². The molecule has 4 nitrogen and oxygen atoms in total. The normalized spacial score (nSPS) is 10.4. The molecule has 2 aromatic rings. The van der Waals surface area contributed by atoms with Gasteiger partial charge in [-0.25, -0.2) is 4.98 Å². The molecule has 0 saturated heterocycles. The maximum Gasteiger partial charge on any atom is 0.166 e. The predicted octanol–water partition coefficient (Wildman–Crippen LogP) is 0.668. The molecule has 0 aliphatic heterocycles. The first-order valence-electron chi connectivity index (χ1n) is 2.70. The van der Waals surface area contributed by atoms with Gasteiger partial charge in [-0.05, 0) is 6.07 Å². The summed E-state index contributed by atoms with van der Waals surface area (Å²) in [4.78, 5) is 4.81. The average Bonchev–Trinajstić information content (AvgIpc) is 2.36. The lowest BCUT2D eigenvalue weighted by molar-refractivity contribution is 1.20. The first-order valence-corrected chi connectivity index (χ1v) is 3.48. The molecule has 0 amide bonds. The second-order valence-corrected chi connectivity index (χ2v) is 2.56. The van der Waals surface area contributed by atoms with Gasteiger partial charge in [-0.3, -0.25) is 0 Å². The molecular formula is C5H4N4S. The summed E-state index contributed by atoms with van der Waals surface area (Å²) in [5.41, 5.74) is 6.90. The Balaban J connectivity index is 2.95. The van der Waals surface area contributed by atoms with E-state index in [1.807, 2.05) is 0 Å². The Morgan fingerprint density at radius 1 is 1.50 bits per heavy atom. The Morgan fingerprint density at radius 2 is 2.40 bits per heavy atom. The summed E-state index contributed by atoms with van der Waals surface area (Å²) in [5, 5.41) is 3.80. The maximum atomic E-state index is 5.56. The Labute approximate surface area is 60.9 Å². The molecule has 50 valence electrons. The van der Waals surface area contributed by atoms with E-state index in [1.165, 1.54) is 11.5 Å². The Hall–Kier alpha value is -1.23. The number of fused-ring (bicyclic) bond motifs is 1. The van der Waals surface area contributed by atoms with Crippen LogP contribution in [0, 0.1) is 0 Å². The molecule has 0 atom stereocenters. The summed E-state index contributed by atoms with van der Waals surface area (Å²) >= 11 is 1.25. The van der Waals surface area contributed by atoms with Crippen molar-refractivity contribution in [3.63, 3.8) is 0 Å². The highest BCUT2D eigenvalue weighted by molar-refractivity contribution is 7.12. The zero-order valence-electron chi connectivity index (χ0n) is 4.98. The molecule has 2 heterocycles. The predicted molar refractivity (Wildman–Crippen MR) is 39.6 cm³/mol. The number of nitrogens with zero attached hydrogens (tertiary/aromatic N) is 3. The number of hydrogen-bond acceptors (Lipinski definition) is 5. The van der Waals surface area contributed by atoms with Gasteiger partial charge in [0.15, 0.2) is 4.83 Å². The van der Waals surface area contributed by atoms with Crippen molar-refractivity contribution in [1.29, 1.82) is 0 Å². The largest absolute Gasteiger partial charge is 0.397 e. The van der Waals surface area contributed by atoms with E-state index >= 15 is 0 Å². The minimum absolute atomic E-state index is 0.638. The molecule has 0 saturated carbocycles. The molecule has 5 heteroatoms. The van der Waals surface area contributed by atoms with Crippen LogP contribution in [-0.4, -0.2) is 14.6 Å². The van der Waals surface area contributed by atoms with Gasteiger partial charge in [0.25, 0.3) is 0 Å². The molecule has 0 aliphatic rings. The molecule has 2 rings (SSSR count). The van der Waals surface area contributed by atoms with Crippen LogP contribution < -0.4 is 5.73 Å². The Kier molecular flexibility index (Phi) is 1.04. The van der Waals surface area contributed by atoms with Gasteiger partial charge < -0.3 is 5.73 Å². The summed E-state index contributed by atoms with van der Waals surface area (Å²) in [6.07, 6.45) is 1.65. The molecule has 2 N–H and O–H groups in total. The summed E-state index contributed by atoms with van der Waals surface area (Å²) < 4.78 is 3.71. The number of aromatic nitrogens is 3. The summed E-state index contributed by atoms with van der Waals surface area (Å²) in [6.45, 7) is 0. The van der Waals surface area contributed by atoms with E-state index in [2.05, 4.69) is 14.6 Å². The lowest BCUT2D eigenvalue weighted by Crippen LogP contribution is -1.86. The van der Waals surface area contributed by atoms with Gasteiger partial charge in [-0.15, -0.1) is 5.10 Å². The van der Waals surface area contributed by atoms with Crippen LogP contribution in [0.4, 0.5) is 5.69 Å². The summed E-state index contributed by atoms with van der Waals surface area (Å²) in [6, 6.07) is 1.71. The molecule has 0 spiro atoms. The highest BCUT2D eigenvalue weighted by Gasteiger charge is 2.00. The van der Waals surface area contributed by atoms with Crippen LogP contribution in [0.25, 0.3) is 10.3 Å². The maximum absolute atomic E-state index is 5.56. The van der Waals surface area contributed by atoms with E-state index in [0.29, 0.717) is 11.2 Å². The molecule has 0 bridgehead atoms. The fourth-order valence-electron chi connectivity index (χ4n) is 0.716. The topological polar surface area (TPSA) is 64.7 Å². The average molecular weight is 152 g/mol. The van der Waals surface area contributed by atoms with E-state index in [4.69, 9.17) is 5.73 Å². The van der Waals surface area contributed by atoms with E-state index in [1.54, 1.807) is 12.3 Å². The van der Waals surface area contributed by atoms with Crippen LogP contribution in [0.15, 0.2) is 12.3 Å². The van der Waals surface area contributed by atoms with Gasteiger partial charge in [0.1, 0.15) is 5.52 Å². The van der Waals surface area contributed by atoms with Crippen molar-refractivity contribution >= 4 is 27.6 Å². The van der Waals surface area contributed by atoms with Gasteiger partial charge in [-0.2, -0.15) is 0 Å². The standard InChI is InChI=1S/C5H4N4S/c6-3-1-2-7-5-4(3)8-9-10-5/h1-2H,(H2,6,7). The quantitative estimate of drug-likeness (QED) is 0.602. The molecule has 0 unspecified atom stereocenters. The van der Waals surface area contributed by atoms with E-state index in [9.17, 15) is 0 Å². The Morgan fingerprint density at radius 3 is 3.20 bits per heavy atom. The van der Waals surface area contributed by atoms with Crippen molar-refractivity contribution in [2.24, 2.45) is 0 Å². The number of rotatable bonds is 0. The molecule has 0 fully saturated rings. The minimum atomic E-state index is 0.638. The van der Waals surface area contributed by atoms with Crippen LogP contribution in [0.1, 0.15) is 0 Å². The smallest absolute Gasteiger partial charge is 0.166 e. The summed E-state index contributed by atoms with van der Waals surface area (Å²) in [5.74, 6) is 0. The van der Waals surface area contributed by atoms with Crippen molar-refractivity contribution in [2.45, 2.75) is 0 Å². The molecule has 2 aromatic heterocycles. The number of anilines is 1. The van der Waals surface area contributed by atoms with Gasteiger partial charge in [0.05, 0.1) is 5.69 Å². The van der Waals surface area contributed by atoms with Crippen LogP contribution in [0.2, 0.25) is 0 Å². The zero-order chi connectivity index (χ0) is 6.97. The molecule has 0 radical (unpaired) electrons. The van der Waals surface area contributed by atoms with Gasteiger partial charge in [0, 0.05) is 17.7 Å². The van der Waals surface area contributed by atoms with Gasteiger partial charge in [-0.1, -0.05) is 4.49 Å². The van der Waals surface area contributed by atoms with Crippen molar-refractivity contribution in [2.75, 3.05) is 5.73 Å². The number of pyridine rings is 1. The van der Waals surface area contributed by atoms with Crippen molar-refractivity contribution in [1.82, 2.24) is 14.6 Å². The van der Waals surface area contributed by atoms with E-state index in [0.717, 1.165) is 4.83 Å². The third-order valence-corrected chi connectivity index (χ3v) is 1.83. The lowest BCUT2D eigenvalue weighted by atomic mass is 10.4. The third kappa shape index (κ3) is 0.640. The van der Waals surface area contributed by atoms with Crippen molar-refractivity contribution < 1.29 is 0 Å². The summed E-state index contributed by atoms with van der Waals surface area (Å²) in [7, 11) is 0. The molecule has 0 aliphatic carbocycles. The highest BCUT2D eigenvalue weighted by atomic mass is 32.1. The van der Waals surface area contributed by atoms with Crippen molar-refractivity contribution in [3.05, 3.63) is 12.3 Å². The monoisotopic (exact) mass is 152 g/mol. The molecule has 0 aromatic carbocycles. The first kappa shape index (κ1) is 5.55. The van der Waals surface area contributed by atoms with Gasteiger partial charge >= 0.3 is 0 Å². The highest BCUT2D eigenvalue weighted by Crippen LogP contribution is 2.17. The fraction of sp³-hybridized carbons (Fsp3) is 0. The zero-order valence-corrected chi connectivity index (χ0v) is 5.80. The Bertz CT molecular complexity index is 355. The molecule has 10 heavy (non-hydrogen) atoms. The lowest BCUT2D eigenvalue weighted by Gasteiger charge is -1.88. The number of hydrogen-bond donors (Lipinski definition) is 1.